The van der Waals surface area contributed by atoms with Crippen LogP contribution in [0.25, 0.3) is 0 Å². The molecule has 0 saturated heterocycles. The molecule has 0 rings (SSSR count). The first kappa shape index (κ1) is 59.4. The van der Waals surface area contributed by atoms with E-state index in [1.165, 1.54) is 193 Å². The van der Waals surface area contributed by atoms with Crippen molar-refractivity contribution in [2.45, 2.75) is 310 Å². The second kappa shape index (κ2) is 47.9. The molecule has 6 heteroatoms. The number of hydrogen-bond donors (Lipinski definition) is 0. The van der Waals surface area contributed by atoms with Crippen LogP contribution < -0.4 is 0 Å². The van der Waals surface area contributed by atoms with Gasteiger partial charge in [0.2, 0.25) is 0 Å². The van der Waals surface area contributed by atoms with Crippen molar-refractivity contribution < 1.29 is 28.6 Å². The maximum absolute atomic E-state index is 12.7. The quantitative estimate of drug-likeness (QED) is 0.0344. The van der Waals surface area contributed by atoms with Gasteiger partial charge in [-0.05, 0) is 31.1 Å². The zero-order chi connectivity index (χ0) is 44.7. The molecule has 0 radical (unpaired) electrons. The van der Waals surface area contributed by atoms with Gasteiger partial charge in [-0.25, -0.2) is 0 Å². The minimum Gasteiger partial charge on any atom is -0.462 e. The Kier molecular flexibility index (Phi) is 46.6. The van der Waals surface area contributed by atoms with Crippen LogP contribution in [0.4, 0.5) is 0 Å². The predicted molar refractivity (Wildman–Crippen MR) is 261 cm³/mol. The van der Waals surface area contributed by atoms with Crippen molar-refractivity contribution >= 4 is 17.9 Å². The van der Waals surface area contributed by atoms with Crippen LogP contribution in [0.15, 0.2) is 0 Å². The fraction of sp³-hybridized carbons (Fsp3) is 0.945. The van der Waals surface area contributed by atoms with Crippen molar-refractivity contribution in [3.63, 3.8) is 0 Å². The van der Waals surface area contributed by atoms with Crippen LogP contribution in [-0.2, 0) is 28.6 Å². The summed E-state index contributed by atoms with van der Waals surface area (Å²) in [6.45, 7) is 11.4. The Balaban J connectivity index is 4.13. The van der Waals surface area contributed by atoms with Crippen LogP contribution in [0.3, 0.4) is 0 Å². The third kappa shape index (κ3) is 47.7. The van der Waals surface area contributed by atoms with E-state index >= 15 is 0 Å². The number of hydrogen-bond acceptors (Lipinski definition) is 6. The molecule has 362 valence electrons. The summed E-state index contributed by atoms with van der Waals surface area (Å²) in [5.74, 6) is 0.894. The largest absolute Gasteiger partial charge is 0.462 e. The van der Waals surface area contributed by atoms with E-state index in [-0.39, 0.29) is 31.1 Å². The lowest BCUT2D eigenvalue weighted by Gasteiger charge is -2.18. The zero-order valence-electron chi connectivity index (χ0n) is 41.8. The van der Waals surface area contributed by atoms with Crippen molar-refractivity contribution in [3.8, 4) is 0 Å². The molecule has 0 saturated carbocycles. The minimum atomic E-state index is -0.760. The second-order valence-electron chi connectivity index (χ2n) is 19.6. The van der Waals surface area contributed by atoms with Crippen LogP contribution in [0.5, 0.6) is 0 Å². The monoisotopic (exact) mass is 863 g/mol. The van der Waals surface area contributed by atoms with Crippen LogP contribution in [0.2, 0.25) is 0 Å². The van der Waals surface area contributed by atoms with E-state index in [4.69, 9.17) is 14.2 Å². The number of rotatable bonds is 49. The van der Waals surface area contributed by atoms with Crippen molar-refractivity contribution in [3.05, 3.63) is 0 Å². The lowest BCUT2D eigenvalue weighted by Crippen LogP contribution is -2.30. The number of carbonyl (C=O) groups excluding carboxylic acids is 3. The first-order valence-electron chi connectivity index (χ1n) is 27.3. The Morgan fingerprint density at radius 2 is 0.623 bits per heavy atom. The molecule has 61 heavy (non-hydrogen) atoms. The molecule has 6 nitrogen and oxygen atoms in total. The highest BCUT2D eigenvalue weighted by molar-refractivity contribution is 5.71. The first-order chi connectivity index (χ1) is 29.8. The van der Waals surface area contributed by atoms with E-state index in [2.05, 4.69) is 34.6 Å². The zero-order valence-corrected chi connectivity index (χ0v) is 41.8. The third-order valence-electron chi connectivity index (χ3n) is 12.8. The van der Waals surface area contributed by atoms with Gasteiger partial charge in [0.25, 0.3) is 0 Å². The van der Waals surface area contributed by atoms with Gasteiger partial charge < -0.3 is 14.2 Å². The van der Waals surface area contributed by atoms with E-state index in [0.717, 1.165) is 69.6 Å². The van der Waals surface area contributed by atoms with Gasteiger partial charge in [-0.1, -0.05) is 266 Å². The minimum absolute atomic E-state index is 0.0638. The molecule has 0 aromatic carbocycles. The van der Waals surface area contributed by atoms with Gasteiger partial charge in [-0.2, -0.15) is 0 Å². The Morgan fingerprint density at radius 1 is 0.344 bits per heavy atom. The van der Waals surface area contributed by atoms with E-state index < -0.39 is 6.10 Å². The average Bonchev–Trinajstić information content (AvgIpc) is 3.24. The van der Waals surface area contributed by atoms with Crippen LogP contribution in [-0.4, -0.2) is 37.2 Å². The summed E-state index contributed by atoms with van der Waals surface area (Å²) >= 11 is 0. The molecular weight excluding hydrogens is 757 g/mol. The highest BCUT2D eigenvalue weighted by atomic mass is 16.6. The molecule has 0 bridgehead atoms. The average molecular weight is 863 g/mol. The summed E-state index contributed by atoms with van der Waals surface area (Å²) in [5, 5.41) is 0. The van der Waals surface area contributed by atoms with Crippen LogP contribution in [0.1, 0.15) is 304 Å². The standard InChI is InChI=1S/C55H106O6/c1-6-8-9-10-28-37-42-47-55(58)61-52(48-59-53(56)45-40-35-31-26-22-18-13-11-12-16-20-24-29-33-38-43-50(3)4)49-60-54(57)46-41-36-32-27-23-19-15-14-17-21-25-30-34-39-44-51(5)7-2/h50-52H,6-49H2,1-5H3/t51?,52-/m1/s1. The Hall–Kier alpha value is -1.59. The molecule has 0 aliphatic rings. The highest BCUT2D eigenvalue weighted by Gasteiger charge is 2.19. The second-order valence-corrected chi connectivity index (χ2v) is 19.6. The smallest absolute Gasteiger partial charge is 0.306 e. The summed E-state index contributed by atoms with van der Waals surface area (Å²) < 4.78 is 16.8. The molecule has 0 aromatic heterocycles. The lowest BCUT2D eigenvalue weighted by molar-refractivity contribution is -0.167. The van der Waals surface area contributed by atoms with Crippen LogP contribution >= 0.6 is 0 Å². The number of carbonyl (C=O) groups is 3. The Labute approximate surface area is 380 Å². The first-order valence-corrected chi connectivity index (χ1v) is 27.3. The molecule has 0 aliphatic heterocycles. The van der Waals surface area contributed by atoms with E-state index in [0.29, 0.717) is 19.3 Å². The fourth-order valence-corrected chi connectivity index (χ4v) is 8.31. The van der Waals surface area contributed by atoms with Gasteiger partial charge in [0.15, 0.2) is 6.10 Å². The molecule has 2 atom stereocenters. The normalized spacial score (nSPS) is 12.5. The molecule has 1 unspecified atom stereocenters. The molecule has 0 N–H and O–H groups in total. The van der Waals surface area contributed by atoms with Crippen molar-refractivity contribution in [1.82, 2.24) is 0 Å². The number of esters is 3. The molecule has 0 aromatic rings. The molecule has 0 heterocycles. The molecule has 0 spiro atoms. The van der Waals surface area contributed by atoms with Gasteiger partial charge in [0, 0.05) is 19.3 Å². The number of ether oxygens (including phenoxy) is 3. The van der Waals surface area contributed by atoms with Gasteiger partial charge in [0.1, 0.15) is 13.2 Å². The molecule has 0 fully saturated rings. The Morgan fingerprint density at radius 3 is 0.934 bits per heavy atom. The van der Waals surface area contributed by atoms with Crippen LogP contribution in [0, 0.1) is 11.8 Å². The third-order valence-corrected chi connectivity index (χ3v) is 12.8. The summed E-state index contributed by atoms with van der Waals surface area (Å²) in [5.41, 5.74) is 0. The fourth-order valence-electron chi connectivity index (χ4n) is 8.31. The topological polar surface area (TPSA) is 78.9 Å². The maximum atomic E-state index is 12.7. The molecular formula is C55H106O6. The van der Waals surface area contributed by atoms with E-state index in [1.54, 1.807) is 0 Å². The van der Waals surface area contributed by atoms with E-state index in [1.807, 2.05) is 0 Å². The summed E-state index contributed by atoms with van der Waals surface area (Å²) in [7, 11) is 0. The van der Waals surface area contributed by atoms with Gasteiger partial charge in [0.05, 0.1) is 0 Å². The highest BCUT2D eigenvalue weighted by Crippen LogP contribution is 2.18. The molecule has 0 aliphatic carbocycles. The SMILES string of the molecule is CCCCCCCCCC(=O)O[C@H](COC(=O)CCCCCCCCCCCCCCCCCC(C)C)COC(=O)CCCCCCCCCCCCCCCCC(C)CC. The Bertz CT molecular complexity index is 933. The lowest BCUT2D eigenvalue weighted by atomic mass is 9.99. The van der Waals surface area contributed by atoms with Gasteiger partial charge in [-0.3, -0.25) is 14.4 Å². The summed E-state index contributed by atoms with van der Waals surface area (Å²) in [4.78, 5) is 37.9. The van der Waals surface area contributed by atoms with Gasteiger partial charge >= 0.3 is 17.9 Å². The van der Waals surface area contributed by atoms with Crippen molar-refractivity contribution in [1.29, 1.82) is 0 Å². The molecule has 0 amide bonds. The number of unbranched alkanes of at least 4 members (excludes halogenated alkanes) is 33. The van der Waals surface area contributed by atoms with E-state index in [9.17, 15) is 14.4 Å². The van der Waals surface area contributed by atoms with Crippen molar-refractivity contribution in [2.24, 2.45) is 11.8 Å². The van der Waals surface area contributed by atoms with Crippen molar-refractivity contribution in [2.75, 3.05) is 13.2 Å². The van der Waals surface area contributed by atoms with Gasteiger partial charge in [-0.15, -0.1) is 0 Å². The summed E-state index contributed by atoms with van der Waals surface area (Å²) in [6.07, 6.45) is 49.6. The summed E-state index contributed by atoms with van der Waals surface area (Å²) in [6, 6.07) is 0. The maximum Gasteiger partial charge on any atom is 0.306 e. The predicted octanol–water partition coefficient (Wildman–Crippen LogP) is 17.7.